The monoisotopic (exact) mass is 519 g/mol. The third-order valence-electron chi connectivity index (χ3n) is 4.41. The highest BCUT2D eigenvalue weighted by Crippen LogP contribution is 2.23. The number of rotatable bonds is 7. The van der Waals surface area contributed by atoms with Crippen molar-refractivity contribution in [1.82, 2.24) is 20.5 Å². The summed E-state index contributed by atoms with van der Waals surface area (Å²) in [6, 6.07) is 6.09. The Morgan fingerprint density at radius 3 is 3.00 bits per heavy atom. The molecular formula is C19H27ClIN5S. The van der Waals surface area contributed by atoms with Gasteiger partial charge in [0.05, 0.1) is 6.54 Å². The van der Waals surface area contributed by atoms with Crippen LogP contribution in [0.3, 0.4) is 0 Å². The molecule has 148 valence electrons. The topological polar surface area (TPSA) is 52.6 Å². The molecule has 0 aromatic carbocycles. The Hall–Kier alpha value is -0.900. The number of hydrogen-bond donors (Lipinski definition) is 2. The maximum atomic E-state index is 5.82. The predicted octanol–water partition coefficient (Wildman–Crippen LogP) is 3.57. The van der Waals surface area contributed by atoms with Gasteiger partial charge in [0.15, 0.2) is 5.96 Å². The average Bonchev–Trinajstić information content (AvgIpc) is 3.11. The minimum atomic E-state index is 0. The van der Waals surface area contributed by atoms with E-state index in [4.69, 9.17) is 16.6 Å². The van der Waals surface area contributed by atoms with Gasteiger partial charge >= 0.3 is 0 Å². The Morgan fingerprint density at radius 1 is 1.33 bits per heavy atom. The Bertz CT molecular complexity index is 719. The molecule has 3 heterocycles. The van der Waals surface area contributed by atoms with Gasteiger partial charge in [0.2, 0.25) is 0 Å². The third kappa shape index (κ3) is 7.21. The standard InChI is InChI=1S/C19H26ClN5S.HI/c1-2-21-19(22-8-5-15-3-4-18(20)24-13-15)23-9-11-25-10-6-17-16(14-25)7-12-26-17;/h3-4,7,12-13H,2,5-6,8-11,14H2,1H3,(H2,21,22,23);1H. The van der Waals surface area contributed by atoms with Gasteiger partial charge in [0.25, 0.3) is 0 Å². The molecule has 1 aliphatic heterocycles. The van der Waals surface area contributed by atoms with Crippen LogP contribution in [0.25, 0.3) is 0 Å². The van der Waals surface area contributed by atoms with Gasteiger partial charge in [-0.1, -0.05) is 17.7 Å². The number of nitrogens with zero attached hydrogens (tertiary/aromatic N) is 3. The number of thiophene rings is 1. The second kappa shape index (κ2) is 11.8. The van der Waals surface area contributed by atoms with E-state index in [1.807, 2.05) is 29.7 Å². The van der Waals surface area contributed by atoms with Crippen LogP contribution in [0, 0.1) is 0 Å². The molecule has 27 heavy (non-hydrogen) atoms. The number of nitrogens with one attached hydrogen (secondary N) is 2. The normalized spacial score (nSPS) is 14.4. The molecule has 3 rings (SSSR count). The zero-order valence-electron chi connectivity index (χ0n) is 15.6. The number of aromatic nitrogens is 1. The van der Waals surface area contributed by atoms with Crippen molar-refractivity contribution in [2.24, 2.45) is 4.99 Å². The van der Waals surface area contributed by atoms with Crippen molar-refractivity contribution < 1.29 is 0 Å². The number of pyridine rings is 1. The average molecular weight is 520 g/mol. The molecule has 0 radical (unpaired) electrons. The van der Waals surface area contributed by atoms with Crippen molar-refractivity contribution in [2.75, 3.05) is 32.7 Å². The summed E-state index contributed by atoms with van der Waals surface area (Å²) in [5.41, 5.74) is 2.66. The smallest absolute Gasteiger partial charge is 0.191 e. The van der Waals surface area contributed by atoms with E-state index in [-0.39, 0.29) is 24.0 Å². The van der Waals surface area contributed by atoms with E-state index >= 15 is 0 Å². The molecule has 0 spiro atoms. The Morgan fingerprint density at radius 2 is 2.22 bits per heavy atom. The molecule has 0 amide bonds. The van der Waals surface area contributed by atoms with Crippen molar-refractivity contribution in [3.05, 3.63) is 50.9 Å². The quantitative estimate of drug-likeness (QED) is 0.254. The second-order valence-corrected chi connectivity index (χ2v) is 7.71. The first-order valence-corrected chi connectivity index (χ1v) is 10.4. The van der Waals surface area contributed by atoms with E-state index in [9.17, 15) is 0 Å². The van der Waals surface area contributed by atoms with Crippen molar-refractivity contribution >= 4 is 52.9 Å². The summed E-state index contributed by atoms with van der Waals surface area (Å²) in [6.07, 6.45) is 3.88. The van der Waals surface area contributed by atoms with Gasteiger partial charge in [-0.2, -0.15) is 0 Å². The summed E-state index contributed by atoms with van der Waals surface area (Å²) in [5, 5.41) is 9.44. The first-order chi connectivity index (χ1) is 12.7. The van der Waals surface area contributed by atoms with Crippen LogP contribution in [-0.4, -0.2) is 48.6 Å². The fourth-order valence-electron chi connectivity index (χ4n) is 3.02. The molecular weight excluding hydrogens is 493 g/mol. The summed E-state index contributed by atoms with van der Waals surface area (Å²) in [4.78, 5) is 12.9. The van der Waals surface area contributed by atoms with Gasteiger partial charge in [0, 0.05) is 43.8 Å². The molecule has 2 aromatic rings. The summed E-state index contributed by atoms with van der Waals surface area (Å²) in [5.74, 6) is 0.877. The molecule has 1 aliphatic rings. The molecule has 0 saturated heterocycles. The van der Waals surface area contributed by atoms with Crippen molar-refractivity contribution in [1.29, 1.82) is 0 Å². The number of fused-ring (bicyclic) bond motifs is 1. The van der Waals surface area contributed by atoms with Crippen LogP contribution in [0.4, 0.5) is 0 Å². The molecule has 0 unspecified atom stereocenters. The fourth-order valence-corrected chi connectivity index (χ4v) is 4.02. The lowest BCUT2D eigenvalue weighted by Gasteiger charge is -2.26. The first-order valence-electron chi connectivity index (χ1n) is 9.15. The van der Waals surface area contributed by atoms with Crippen LogP contribution in [0.15, 0.2) is 34.8 Å². The Labute approximate surface area is 187 Å². The molecule has 5 nitrogen and oxygen atoms in total. The number of aliphatic imine (C=N–C) groups is 1. The molecule has 0 fully saturated rings. The summed E-state index contributed by atoms with van der Waals surface area (Å²) < 4.78 is 0. The van der Waals surface area contributed by atoms with Crippen LogP contribution >= 0.6 is 46.9 Å². The van der Waals surface area contributed by atoms with Crippen molar-refractivity contribution in [3.63, 3.8) is 0 Å². The summed E-state index contributed by atoms with van der Waals surface area (Å²) in [7, 11) is 0. The highest BCUT2D eigenvalue weighted by molar-refractivity contribution is 14.0. The van der Waals surface area contributed by atoms with E-state index in [0.717, 1.165) is 57.2 Å². The number of hydrogen-bond acceptors (Lipinski definition) is 4. The van der Waals surface area contributed by atoms with Crippen molar-refractivity contribution in [3.8, 4) is 0 Å². The van der Waals surface area contributed by atoms with Gasteiger partial charge in [0.1, 0.15) is 5.15 Å². The summed E-state index contributed by atoms with van der Waals surface area (Å²) in [6.45, 7) is 7.75. The van der Waals surface area contributed by atoms with Crippen LogP contribution in [0.2, 0.25) is 5.15 Å². The minimum Gasteiger partial charge on any atom is -0.357 e. The van der Waals surface area contributed by atoms with Crippen LogP contribution in [-0.2, 0) is 19.4 Å². The lowest BCUT2D eigenvalue weighted by atomic mass is 10.1. The van der Waals surface area contributed by atoms with Crippen LogP contribution in [0.5, 0.6) is 0 Å². The first kappa shape index (κ1) is 22.4. The molecule has 0 atom stereocenters. The van der Waals surface area contributed by atoms with Gasteiger partial charge in [-0.05, 0) is 48.4 Å². The maximum absolute atomic E-state index is 5.82. The van der Waals surface area contributed by atoms with E-state index in [1.165, 1.54) is 12.0 Å². The molecule has 8 heteroatoms. The van der Waals surface area contributed by atoms with Crippen molar-refractivity contribution in [2.45, 2.75) is 26.3 Å². The molecule has 0 bridgehead atoms. The molecule has 2 aromatic heterocycles. The van der Waals surface area contributed by atoms with Gasteiger partial charge in [-0.15, -0.1) is 35.3 Å². The van der Waals surface area contributed by atoms with Gasteiger partial charge < -0.3 is 10.6 Å². The highest BCUT2D eigenvalue weighted by atomic mass is 127. The fraction of sp³-hybridized carbons (Fsp3) is 0.474. The van der Waals surface area contributed by atoms with E-state index < -0.39 is 0 Å². The third-order valence-corrected chi connectivity index (χ3v) is 5.66. The predicted molar refractivity (Wildman–Crippen MR) is 126 cm³/mol. The molecule has 0 aliphatic carbocycles. The van der Waals surface area contributed by atoms with Gasteiger partial charge in [-0.25, -0.2) is 4.98 Å². The Balaban J connectivity index is 0.00000261. The summed E-state index contributed by atoms with van der Waals surface area (Å²) >= 11 is 7.71. The van der Waals surface area contributed by atoms with Gasteiger partial charge in [-0.3, -0.25) is 9.89 Å². The van der Waals surface area contributed by atoms with Crippen LogP contribution < -0.4 is 10.6 Å². The minimum absolute atomic E-state index is 0. The lowest BCUT2D eigenvalue weighted by molar-refractivity contribution is 0.263. The second-order valence-electron chi connectivity index (χ2n) is 6.32. The Kier molecular flexibility index (Phi) is 9.81. The molecule has 2 N–H and O–H groups in total. The largest absolute Gasteiger partial charge is 0.357 e. The SMILES string of the molecule is CCNC(=NCCN1CCc2sccc2C1)NCCc1ccc(Cl)nc1.I. The van der Waals surface area contributed by atoms with E-state index in [1.54, 1.807) is 4.88 Å². The van der Waals surface area contributed by atoms with E-state index in [2.05, 4.69) is 38.9 Å². The van der Waals surface area contributed by atoms with E-state index in [0.29, 0.717) is 5.15 Å². The molecule has 0 saturated carbocycles. The zero-order valence-corrected chi connectivity index (χ0v) is 19.5. The number of guanidine groups is 1. The maximum Gasteiger partial charge on any atom is 0.191 e. The number of halogens is 2. The van der Waals surface area contributed by atoms with Crippen LogP contribution in [0.1, 0.15) is 22.9 Å². The zero-order chi connectivity index (χ0) is 18.2. The highest BCUT2D eigenvalue weighted by Gasteiger charge is 2.16. The lowest BCUT2D eigenvalue weighted by Crippen LogP contribution is -2.39.